The number of likely N-dealkylation sites (tertiary alicyclic amines) is 1. The van der Waals surface area contributed by atoms with Crippen molar-refractivity contribution in [1.29, 1.82) is 0 Å². The van der Waals surface area contributed by atoms with Gasteiger partial charge in [-0.15, -0.1) is 0 Å². The van der Waals surface area contributed by atoms with Gasteiger partial charge in [0.2, 0.25) is 5.91 Å². The molecule has 2 N–H and O–H groups in total. The van der Waals surface area contributed by atoms with Gasteiger partial charge in [-0.1, -0.05) is 57.0 Å². The van der Waals surface area contributed by atoms with E-state index in [4.69, 9.17) is 0 Å². The van der Waals surface area contributed by atoms with Crippen molar-refractivity contribution in [2.45, 2.75) is 58.0 Å². The normalized spacial score (nSPS) is 24.9. The van der Waals surface area contributed by atoms with Crippen LogP contribution in [-0.4, -0.2) is 35.5 Å². The highest BCUT2D eigenvalue weighted by Gasteiger charge is 2.45. The fourth-order valence-corrected chi connectivity index (χ4v) is 4.54. The Bertz CT molecular complexity index is 615. The Balaban J connectivity index is 1.63. The fourth-order valence-electron chi connectivity index (χ4n) is 4.54. The largest absolute Gasteiger partial charge is 0.340 e. The molecule has 2 atom stereocenters. The molecule has 3 rings (SSSR count). The number of nitrogens with one attached hydrogen (secondary N) is 2. The van der Waals surface area contributed by atoms with Gasteiger partial charge in [0.1, 0.15) is 5.54 Å². The second-order valence-electron chi connectivity index (χ2n) is 8.24. The quantitative estimate of drug-likeness (QED) is 0.868. The number of hydrogen-bond acceptors (Lipinski definition) is 2. The zero-order chi connectivity index (χ0) is 18.6. The van der Waals surface area contributed by atoms with Gasteiger partial charge in [-0.3, -0.25) is 4.79 Å². The van der Waals surface area contributed by atoms with E-state index in [0.717, 1.165) is 44.3 Å². The first-order chi connectivity index (χ1) is 12.5. The minimum Gasteiger partial charge on any atom is -0.340 e. The van der Waals surface area contributed by atoms with Crippen molar-refractivity contribution in [2.75, 3.05) is 13.1 Å². The zero-order valence-electron chi connectivity index (χ0n) is 16.0. The third-order valence-electron chi connectivity index (χ3n) is 5.67. The second-order valence-corrected chi connectivity index (χ2v) is 8.24. The molecule has 1 saturated heterocycles. The number of nitrogens with zero attached hydrogens (tertiary/aromatic N) is 1. The average Bonchev–Trinajstić information content (AvgIpc) is 3.09. The van der Waals surface area contributed by atoms with Gasteiger partial charge < -0.3 is 15.5 Å². The van der Waals surface area contributed by atoms with E-state index in [0.29, 0.717) is 18.4 Å². The van der Waals surface area contributed by atoms with Crippen LogP contribution in [0.4, 0.5) is 4.79 Å². The molecule has 5 heteroatoms. The Morgan fingerprint density at radius 1 is 1.08 bits per heavy atom. The van der Waals surface area contributed by atoms with Crippen LogP contribution in [0.15, 0.2) is 30.3 Å². The predicted molar refractivity (Wildman–Crippen MR) is 103 cm³/mol. The number of amides is 3. The molecule has 1 aliphatic heterocycles. The van der Waals surface area contributed by atoms with Gasteiger partial charge in [-0.25, -0.2) is 4.79 Å². The first-order valence-electron chi connectivity index (χ1n) is 9.88. The highest BCUT2D eigenvalue weighted by Crippen LogP contribution is 2.33. The van der Waals surface area contributed by atoms with Crippen LogP contribution < -0.4 is 10.6 Å². The maximum absolute atomic E-state index is 13.3. The van der Waals surface area contributed by atoms with E-state index in [1.165, 1.54) is 6.42 Å². The maximum Gasteiger partial charge on any atom is 0.315 e. The van der Waals surface area contributed by atoms with Gasteiger partial charge in [0.25, 0.3) is 0 Å². The van der Waals surface area contributed by atoms with Crippen molar-refractivity contribution in [3.63, 3.8) is 0 Å². The van der Waals surface area contributed by atoms with Crippen molar-refractivity contribution in [3.05, 3.63) is 35.9 Å². The van der Waals surface area contributed by atoms with Gasteiger partial charge >= 0.3 is 6.03 Å². The van der Waals surface area contributed by atoms with Gasteiger partial charge in [-0.05, 0) is 36.7 Å². The van der Waals surface area contributed by atoms with Crippen LogP contribution in [0, 0.1) is 11.8 Å². The monoisotopic (exact) mass is 357 g/mol. The summed E-state index contributed by atoms with van der Waals surface area (Å²) in [6.45, 7) is 6.49. The summed E-state index contributed by atoms with van der Waals surface area (Å²) in [7, 11) is 0. The topological polar surface area (TPSA) is 61.4 Å². The minimum atomic E-state index is -0.725. The van der Waals surface area contributed by atoms with Crippen molar-refractivity contribution in [3.8, 4) is 0 Å². The van der Waals surface area contributed by atoms with Crippen molar-refractivity contribution in [2.24, 2.45) is 11.8 Å². The van der Waals surface area contributed by atoms with Crippen LogP contribution >= 0.6 is 0 Å². The van der Waals surface area contributed by atoms with Gasteiger partial charge in [0, 0.05) is 19.6 Å². The summed E-state index contributed by atoms with van der Waals surface area (Å²) >= 11 is 0. The number of urea groups is 1. The molecule has 1 aromatic rings. The number of hydrogen-bond donors (Lipinski definition) is 2. The lowest BCUT2D eigenvalue weighted by molar-refractivity contribution is -0.140. The van der Waals surface area contributed by atoms with E-state index in [-0.39, 0.29) is 11.9 Å². The van der Waals surface area contributed by atoms with Gasteiger partial charge in [-0.2, -0.15) is 0 Å². The number of benzene rings is 1. The third-order valence-corrected chi connectivity index (χ3v) is 5.67. The second kappa shape index (κ2) is 8.11. The Morgan fingerprint density at radius 3 is 2.31 bits per heavy atom. The summed E-state index contributed by atoms with van der Waals surface area (Å²) in [5.41, 5.74) is 0.325. The molecule has 0 radical (unpaired) electrons. The molecule has 2 unspecified atom stereocenters. The van der Waals surface area contributed by atoms with Crippen LogP contribution in [0.3, 0.4) is 0 Å². The molecule has 26 heavy (non-hydrogen) atoms. The molecular weight excluding hydrogens is 326 g/mol. The summed E-state index contributed by atoms with van der Waals surface area (Å²) in [6.07, 6.45) is 4.63. The summed E-state index contributed by atoms with van der Waals surface area (Å²) in [6, 6.07) is 9.57. The summed E-state index contributed by atoms with van der Waals surface area (Å²) < 4.78 is 0. The Kier molecular flexibility index (Phi) is 5.84. The molecule has 0 bridgehead atoms. The smallest absolute Gasteiger partial charge is 0.315 e. The van der Waals surface area contributed by atoms with Gasteiger partial charge in [0.05, 0.1) is 0 Å². The zero-order valence-corrected chi connectivity index (χ0v) is 16.0. The summed E-state index contributed by atoms with van der Waals surface area (Å²) in [5.74, 6) is 1.16. The maximum atomic E-state index is 13.3. The summed E-state index contributed by atoms with van der Waals surface area (Å²) in [5, 5.41) is 5.95. The highest BCUT2D eigenvalue weighted by molar-refractivity contribution is 5.91. The molecule has 1 heterocycles. The molecule has 2 aliphatic rings. The first-order valence-corrected chi connectivity index (χ1v) is 9.88. The molecular formula is C21H31N3O2. The molecule has 1 saturated carbocycles. The number of carbonyl (C=O) groups is 2. The number of rotatable bonds is 4. The first kappa shape index (κ1) is 18.7. The van der Waals surface area contributed by atoms with Crippen LogP contribution in [-0.2, 0) is 11.3 Å². The van der Waals surface area contributed by atoms with E-state index >= 15 is 0 Å². The number of carbonyl (C=O) groups excluding carboxylic acids is 2. The lowest BCUT2D eigenvalue weighted by atomic mass is 9.88. The van der Waals surface area contributed by atoms with Crippen molar-refractivity contribution < 1.29 is 9.59 Å². The fraction of sp³-hybridized carbons (Fsp3) is 0.619. The Morgan fingerprint density at radius 2 is 1.69 bits per heavy atom. The van der Waals surface area contributed by atoms with Gasteiger partial charge in [0.15, 0.2) is 0 Å². The Labute approximate surface area is 156 Å². The molecule has 0 aromatic heterocycles. The molecule has 3 amide bonds. The SMILES string of the molecule is CC1CC(C)CN(C(=O)C2(NC(=O)NCc3ccccc3)CCCC2)C1. The molecule has 5 nitrogen and oxygen atoms in total. The van der Waals surface area contributed by atoms with E-state index in [2.05, 4.69) is 24.5 Å². The van der Waals surface area contributed by atoms with Crippen LogP contribution in [0.2, 0.25) is 0 Å². The molecule has 142 valence electrons. The van der Waals surface area contributed by atoms with Crippen molar-refractivity contribution in [1.82, 2.24) is 15.5 Å². The van der Waals surface area contributed by atoms with E-state index in [1.807, 2.05) is 35.2 Å². The van der Waals surface area contributed by atoms with Crippen LogP contribution in [0.1, 0.15) is 51.5 Å². The average molecular weight is 357 g/mol. The predicted octanol–water partition coefficient (Wildman–Crippen LogP) is 3.30. The molecule has 1 aromatic carbocycles. The number of piperidine rings is 1. The molecule has 0 spiro atoms. The van der Waals surface area contributed by atoms with Crippen LogP contribution in [0.5, 0.6) is 0 Å². The van der Waals surface area contributed by atoms with E-state index in [1.54, 1.807) is 0 Å². The highest BCUT2D eigenvalue weighted by atomic mass is 16.2. The Hall–Kier alpha value is -2.04. The lowest BCUT2D eigenvalue weighted by Crippen LogP contribution is -2.61. The third kappa shape index (κ3) is 4.37. The van der Waals surface area contributed by atoms with E-state index in [9.17, 15) is 9.59 Å². The molecule has 1 aliphatic carbocycles. The standard InChI is InChI=1S/C21H31N3O2/c1-16-12-17(2)15-24(14-16)19(25)21(10-6-7-11-21)23-20(26)22-13-18-8-4-3-5-9-18/h3-5,8-9,16-17H,6-7,10-15H2,1-2H3,(H2,22,23,26). The van der Waals surface area contributed by atoms with Crippen LogP contribution in [0.25, 0.3) is 0 Å². The summed E-state index contributed by atoms with van der Waals surface area (Å²) in [4.78, 5) is 27.8. The lowest BCUT2D eigenvalue weighted by Gasteiger charge is -2.40. The van der Waals surface area contributed by atoms with Crippen molar-refractivity contribution >= 4 is 11.9 Å². The molecule has 2 fully saturated rings. The van der Waals surface area contributed by atoms with E-state index < -0.39 is 5.54 Å². The minimum absolute atomic E-state index is 0.114.